The van der Waals surface area contributed by atoms with Gasteiger partial charge in [-0.15, -0.1) is 0 Å². The molecule has 592 valence electrons. The van der Waals surface area contributed by atoms with Crippen molar-refractivity contribution in [2.24, 2.45) is 170 Å². The van der Waals surface area contributed by atoms with Gasteiger partial charge in [-0.25, -0.2) is 0 Å². The van der Waals surface area contributed by atoms with Gasteiger partial charge in [0.25, 0.3) is 0 Å². The van der Waals surface area contributed by atoms with E-state index in [2.05, 4.69) is 0 Å². The van der Waals surface area contributed by atoms with E-state index in [1.165, 1.54) is 203 Å². The zero-order valence-electron chi connectivity index (χ0n) is 69.5. The Hall–Kier alpha value is 0. The normalized spacial score (nSPS) is 47.1. The SMILES string of the molecule is C1C2CC1C2.C1CC2CC(C1)C2.C1CC2CC1C2.C1CCC2(CC1)CC2.C1CCC2(CC1)CCCC2.C1CCC2(CC1)CCCCC2.C1CCC2C(C1)CCC1C2CCC2C3CCCCC3CCC21.C1CCC2C(C1)CCC1C3CCCC3CCC21.C1CCC2C(C1)CCC1C3CCCCC3CCC21. The van der Waals surface area contributed by atoms with E-state index in [9.17, 15) is 0 Å². The fourth-order valence-corrected chi connectivity index (χ4v) is 34.6. The Labute approximate surface area is 647 Å². The highest BCUT2D eigenvalue weighted by atomic mass is 14.6. The van der Waals surface area contributed by atoms with Crippen molar-refractivity contribution in [2.75, 3.05) is 0 Å². The molecule has 0 heterocycles. The van der Waals surface area contributed by atoms with E-state index >= 15 is 0 Å². The Morgan fingerprint density at radius 3 is 0.481 bits per heavy atom. The molecule has 0 radical (unpaired) electrons. The van der Waals surface area contributed by atoms with E-state index in [0.717, 1.165) is 63.6 Å². The van der Waals surface area contributed by atoms with Crippen LogP contribution in [-0.2, 0) is 0 Å². The van der Waals surface area contributed by atoms with Crippen molar-refractivity contribution in [2.45, 2.75) is 482 Å². The molecule has 6 bridgehead atoms. The molecule has 104 heavy (non-hydrogen) atoms. The Kier molecular flexibility index (Phi) is 27.0. The first kappa shape index (κ1) is 76.6. The summed E-state index contributed by atoms with van der Waals surface area (Å²) in [5.41, 5.74) is 2.66. The minimum atomic E-state index is 0.858. The highest BCUT2D eigenvalue weighted by molar-refractivity contribution is 5.04. The summed E-state index contributed by atoms with van der Waals surface area (Å²) in [7, 11) is 0. The molecule has 0 nitrogen and oxygen atoms in total. The summed E-state index contributed by atoms with van der Waals surface area (Å²) < 4.78 is 0. The zero-order chi connectivity index (χ0) is 69.5. The van der Waals surface area contributed by atoms with Crippen molar-refractivity contribution >= 4 is 0 Å². The van der Waals surface area contributed by atoms with Gasteiger partial charge >= 0.3 is 0 Å². The second-order valence-corrected chi connectivity index (χ2v) is 46.1. The molecule has 20 atom stereocenters. The molecule has 28 saturated carbocycles. The van der Waals surface area contributed by atoms with Crippen molar-refractivity contribution in [3.63, 3.8) is 0 Å². The lowest BCUT2D eigenvalue weighted by atomic mass is 9.48. The third-order valence-corrected chi connectivity index (χ3v) is 40.8. The first-order chi connectivity index (χ1) is 51.4. The van der Waals surface area contributed by atoms with Crippen LogP contribution >= 0.6 is 0 Å². The molecular weight excluding hydrogens is 1250 g/mol. The third-order valence-electron chi connectivity index (χ3n) is 40.8. The number of fused-ring (bicyclic) bond motifs is 20. The van der Waals surface area contributed by atoms with Gasteiger partial charge in [-0.05, 0) is 421 Å². The number of rotatable bonds is 0. The van der Waals surface area contributed by atoms with Crippen LogP contribution in [0.1, 0.15) is 482 Å². The molecular formula is C104H176. The van der Waals surface area contributed by atoms with Crippen LogP contribution in [0.2, 0.25) is 0 Å². The lowest BCUT2D eigenvalue weighted by Crippen LogP contribution is -2.49. The van der Waals surface area contributed by atoms with E-state index in [4.69, 9.17) is 0 Å². The summed E-state index contributed by atoms with van der Waals surface area (Å²) in [5.74, 6) is 30.5. The standard InChI is InChI=1S/C22H36.C18H30.C17H28.C11H20.C10H18.C8H14.C7H12.C6H10.C5H8/c1-3-7-17-15(5-1)9-11-21-19(17)13-14-20-18-8-4-2-6-16(18)10-12-22(20)21;1-3-7-15-13(5-1)9-11-18-16-8-4-2-6-14(16)10-12-17(15)18;1-2-6-14-12(4-1)8-10-17-15-7-3-5-13(15)9-11-16(14)17;1-3-7-11(8-4-1)9-5-2-6-10-11;1-2-6-10(7-3-1)8-4-5-9-10;1-2-4-8(5-3-1)6-7-8;1-2-6-4-7(3-1)5-6;1-2-6-3-5(1)4-6;1-4-2-5(1)3-4/h15-22H,1-14H2;13-18H,1-12H2;12-17H,1-11H2;1-10H2;1-9H2;1-7H2;6-7H,1-5H2;5-6H,1-4H2;4-5H,1-3H2. The van der Waals surface area contributed by atoms with Crippen molar-refractivity contribution in [3.05, 3.63) is 0 Å². The molecule has 0 aromatic carbocycles. The van der Waals surface area contributed by atoms with Crippen molar-refractivity contribution in [1.82, 2.24) is 0 Å². The molecule has 0 saturated heterocycles. The summed E-state index contributed by atoms with van der Waals surface area (Å²) >= 11 is 0. The van der Waals surface area contributed by atoms with Crippen LogP contribution in [0.15, 0.2) is 0 Å². The van der Waals surface area contributed by atoms with Gasteiger partial charge < -0.3 is 0 Å². The highest BCUT2D eigenvalue weighted by Crippen LogP contribution is 2.64. The zero-order valence-corrected chi connectivity index (χ0v) is 69.5. The first-order valence-electron chi connectivity index (χ1n) is 51.4. The van der Waals surface area contributed by atoms with E-state index in [-0.39, 0.29) is 0 Å². The molecule has 28 rings (SSSR count). The number of hydrogen-bond donors (Lipinski definition) is 0. The average Bonchev–Trinajstić information content (AvgIpc) is 1.20. The van der Waals surface area contributed by atoms with Crippen LogP contribution in [0.25, 0.3) is 0 Å². The molecule has 3 spiro atoms. The van der Waals surface area contributed by atoms with Crippen molar-refractivity contribution in [1.29, 1.82) is 0 Å². The van der Waals surface area contributed by atoms with E-state index in [0.29, 0.717) is 0 Å². The predicted molar refractivity (Wildman–Crippen MR) is 444 cm³/mol. The molecule has 28 aliphatic carbocycles. The van der Waals surface area contributed by atoms with E-state index < -0.39 is 0 Å². The predicted octanol–water partition coefficient (Wildman–Crippen LogP) is 32.5. The molecule has 0 amide bonds. The fraction of sp³-hybridized carbons (Fsp3) is 1.00. The van der Waals surface area contributed by atoms with Crippen LogP contribution < -0.4 is 0 Å². The largest absolute Gasteiger partial charge is 0.0533 e. The van der Waals surface area contributed by atoms with Crippen molar-refractivity contribution in [3.8, 4) is 0 Å². The smallest absolute Gasteiger partial charge is 0.0297 e. The Morgan fingerprint density at radius 1 is 0.106 bits per heavy atom. The van der Waals surface area contributed by atoms with Gasteiger partial charge in [0.1, 0.15) is 0 Å². The summed E-state index contributed by atoms with van der Waals surface area (Å²) in [6.07, 6.45) is 118. The second-order valence-electron chi connectivity index (χ2n) is 46.1. The molecule has 0 aliphatic heterocycles. The lowest BCUT2D eigenvalue weighted by Gasteiger charge is -2.57. The topological polar surface area (TPSA) is 0 Å². The third kappa shape index (κ3) is 18.5. The molecule has 20 unspecified atom stereocenters. The minimum Gasteiger partial charge on any atom is -0.0533 e. The summed E-state index contributed by atoms with van der Waals surface area (Å²) in [5, 5.41) is 0. The first-order valence-corrected chi connectivity index (χ1v) is 51.4. The summed E-state index contributed by atoms with van der Waals surface area (Å²) in [6, 6.07) is 0. The van der Waals surface area contributed by atoms with Crippen LogP contribution in [0.5, 0.6) is 0 Å². The molecule has 28 fully saturated rings. The van der Waals surface area contributed by atoms with Crippen molar-refractivity contribution < 1.29 is 0 Å². The van der Waals surface area contributed by atoms with Gasteiger partial charge in [0.15, 0.2) is 0 Å². The highest BCUT2D eigenvalue weighted by Gasteiger charge is 2.54. The lowest BCUT2D eigenvalue weighted by molar-refractivity contribution is -0.0786. The van der Waals surface area contributed by atoms with Gasteiger partial charge in [0, 0.05) is 0 Å². The van der Waals surface area contributed by atoms with Crippen LogP contribution in [-0.4, -0.2) is 0 Å². The fourth-order valence-electron chi connectivity index (χ4n) is 34.6. The molecule has 0 aromatic heterocycles. The van der Waals surface area contributed by atoms with E-state index in [1.54, 1.807) is 385 Å². The second kappa shape index (κ2) is 36.6. The van der Waals surface area contributed by atoms with Gasteiger partial charge in [0.05, 0.1) is 0 Å². The maximum absolute atomic E-state index is 1.64. The Balaban J connectivity index is 0.0000000897. The molecule has 0 aromatic rings. The van der Waals surface area contributed by atoms with Gasteiger partial charge in [-0.1, -0.05) is 231 Å². The average molecular weight is 1430 g/mol. The molecule has 0 heteroatoms. The van der Waals surface area contributed by atoms with Gasteiger partial charge in [-0.2, -0.15) is 0 Å². The summed E-state index contributed by atoms with van der Waals surface area (Å²) in [4.78, 5) is 0. The minimum absolute atomic E-state index is 0.858. The van der Waals surface area contributed by atoms with Crippen LogP contribution in [0.3, 0.4) is 0 Å². The Bertz CT molecular complexity index is 2350. The van der Waals surface area contributed by atoms with Crippen LogP contribution in [0, 0.1) is 170 Å². The summed E-state index contributed by atoms with van der Waals surface area (Å²) in [6.45, 7) is 0. The maximum atomic E-state index is 1.64. The molecule has 0 N–H and O–H groups in total. The monoisotopic (exact) mass is 1430 g/mol. The van der Waals surface area contributed by atoms with Crippen LogP contribution in [0.4, 0.5) is 0 Å². The van der Waals surface area contributed by atoms with E-state index in [1.807, 2.05) is 0 Å². The van der Waals surface area contributed by atoms with Gasteiger partial charge in [0.2, 0.25) is 0 Å². The number of hydrogen-bond acceptors (Lipinski definition) is 0. The maximum Gasteiger partial charge on any atom is -0.0297 e. The van der Waals surface area contributed by atoms with Gasteiger partial charge in [-0.3, -0.25) is 0 Å². The Morgan fingerprint density at radius 2 is 0.279 bits per heavy atom. The quantitative estimate of drug-likeness (QED) is 0.227. The molecule has 28 aliphatic rings.